The molecule has 33 heavy (non-hydrogen) atoms. The van der Waals surface area contributed by atoms with E-state index < -0.39 is 34.9 Å². The summed E-state index contributed by atoms with van der Waals surface area (Å²) in [7, 11) is 1.18. The van der Waals surface area contributed by atoms with Crippen molar-refractivity contribution in [3.8, 4) is 5.75 Å². The number of rotatable bonds is 7. The first-order chi connectivity index (χ1) is 15.7. The number of anilines is 1. The van der Waals surface area contributed by atoms with Crippen molar-refractivity contribution in [3.63, 3.8) is 0 Å². The zero-order valence-electron chi connectivity index (χ0n) is 17.5. The number of hydrogen-bond acceptors (Lipinski definition) is 7. The first kappa shape index (κ1) is 24.5. The van der Waals surface area contributed by atoms with E-state index in [1.807, 2.05) is 0 Å². The van der Waals surface area contributed by atoms with Crippen LogP contribution < -0.4 is 10.1 Å². The molecule has 2 aromatic carbocycles. The second kappa shape index (κ2) is 10.6. The minimum atomic E-state index is -1.03. The monoisotopic (exact) mass is 536 g/mol. The summed E-state index contributed by atoms with van der Waals surface area (Å²) in [6.45, 7) is 1.14. The molecule has 11 heteroatoms. The molecule has 8 nitrogen and oxygen atoms in total. The number of esters is 1. The largest absolute Gasteiger partial charge is 0.483 e. The van der Waals surface area contributed by atoms with Crippen molar-refractivity contribution >= 4 is 62.5 Å². The number of halogens is 2. The number of imide groups is 1. The summed E-state index contributed by atoms with van der Waals surface area (Å²) < 4.78 is 23.6. The number of amides is 3. The number of nitrogens with one attached hydrogen (secondary N) is 1. The van der Waals surface area contributed by atoms with Crippen molar-refractivity contribution in [2.75, 3.05) is 19.0 Å². The van der Waals surface area contributed by atoms with Gasteiger partial charge in [0.05, 0.1) is 16.5 Å². The van der Waals surface area contributed by atoms with Crippen LogP contribution in [0.15, 0.2) is 51.8 Å². The van der Waals surface area contributed by atoms with Gasteiger partial charge in [-0.05, 0) is 82.7 Å². The third kappa shape index (κ3) is 5.99. The van der Waals surface area contributed by atoms with Crippen molar-refractivity contribution < 1.29 is 33.0 Å². The van der Waals surface area contributed by atoms with E-state index in [-0.39, 0.29) is 11.5 Å². The van der Waals surface area contributed by atoms with Gasteiger partial charge in [0.1, 0.15) is 17.6 Å². The van der Waals surface area contributed by atoms with Crippen LogP contribution in [0, 0.1) is 5.82 Å². The van der Waals surface area contributed by atoms with E-state index in [9.17, 15) is 23.6 Å². The molecular formula is C22H18BrFN2O6S. The molecule has 3 rings (SSSR count). The van der Waals surface area contributed by atoms with Crippen molar-refractivity contribution in [3.05, 3.63) is 63.2 Å². The standard InChI is InChI=1S/C22H18BrFN2O6S/c1-12(21(29)31-2)26-20(28)18(33-22(26)30)10-13-3-8-17(16(23)9-13)32-11-19(27)25-15-6-4-14(24)5-7-15/h3-10,12H,11H2,1-2H3,(H,25,27)/b18-10+/t12-/m1/s1. The molecule has 1 N–H and O–H groups in total. The lowest BCUT2D eigenvalue weighted by Crippen LogP contribution is -2.42. The third-order valence-electron chi connectivity index (χ3n) is 4.49. The summed E-state index contributed by atoms with van der Waals surface area (Å²) in [5.41, 5.74) is 1.04. The van der Waals surface area contributed by atoms with Crippen LogP contribution >= 0.6 is 27.7 Å². The fourth-order valence-corrected chi connectivity index (χ4v) is 4.26. The van der Waals surface area contributed by atoms with E-state index >= 15 is 0 Å². The summed E-state index contributed by atoms with van der Waals surface area (Å²) >= 11 is 4.08. The Bertz CT molecular complexity index is 1140. The maximum Gasteiger partial charge on any atom is 0.328 e. The van der Waals surface area contributed by atoms with Crippen LogP contribution in [0.1, 0.15) is 12.5 Å². The number of carbonyl (C=O) groups is 4. The zero-order chi connectivity index (χ0) is 24.1. The number of nitrogens with zero attached hydrogens (tertiary/aromatic N) is 1. The quantitative estimate of drug-likeness (QED) is 0.417. The number of benzene rings is 2. The molecule has 2 aromatic rings. The summed E-state index contributed by atoms with van der Waals surface area (Å²) in [4.78, 5) is 49.5. The van der Waals surface area contributed by atoms with Gasteiger partial charge < -0.3 is 14.8 Å². The van der Waals surface area contributed by atoms with Gasteiger partial charge in [-0.1, -0.05) is 6.07 Å². The van der Waals surface area contributed by atoms with Crippen LogP contribution in [0.4, 0.5) is 14.9 Å². The molecule has 1 aliphatic rings. The number of thioether (sulfide) groups is 1. The Morgan fingerprint density at radius 1 is 1.21 bits per heavy atom. The fourth-order valence-electron chi connectivity index (χ4n) is 2.84. The molecule has 0 saturated carbocycles. The lowest BCUT2D eigenvalue weighted by molar-refractivity contribution is -0.148. The minimum absolute atomic E-state index is 0.162. The van der Waals surface area contributed by atoms with Gasteiger partial charge in [-0.15, -0.1) is 0 Å². The number of methoxy groups -OCH3 is 1. The molecule has 3 amide bonds. The van der Waals surface area contributed by atoms with Gasteiger partial charge in [0, 0.05) is 5.69 Å². The fraction of sp³-hybridized carbons (Fsp3) is 0.182. The Morgan fingerprint density at radius 2 is 1.91 bits per heavy atom. The van der Waals surface area contributed by atoms with E-state index in [2.05, 4.69) is 26.0 Å². The van der Waals surface area contributed by atoms with E-state index in [4.69, 9.17) is 4.74 Å². The molecule has 0 radical (unpaired) electrons. The highest BCUT2D eigenvalue weighted by atomic mass is 79.9. The van der Waals surface area contributed by atoms with Crippen molar-refractivity contribution in [2.45, 2.75) is 13.0 Å². The van der Waals surface area contributed by atoms with Gasteiger partial charge in [0.2, 0.25) is 0 Å². The molecule has 0 bridgehead atoms. The van der Waals surface area contributed by atoms with Crippen molar-refractivity contribution in [2.24, 2.45) is 0 Å². The highest BCUT2D eigenvalue weighted by Crippen LogP contribution is 2.35. The van der Waals surface area contributed by atoms with Gasteiger partial charge in [-0.25, -0.2) is 9.18 Å². The molecule has 1 saturated heterocycles. The molecule has 1 aliphatic heterocycles. The summed E-state index contributed by atoms with van der Waals surface area (Å²) in [5, 5.41) is 2.03. The lowest BCUT2D eigenvalue weighted by Gasteiger charge is -2.18. The number of carbonyl (C=O) groups excluding carboxylic acids is 4. The Labute approximate surface area is 201 Å². The molecular weight excluding hydrogens is 519 g/mol. The van der Waals surface area contributed by atoms with Gasteiger partial charge in [-0.2, -0.15) is 0 Å². The Hall–Kier alpha value is -3.18. The molecule has 0 unspecified atom stereocenters. The average Bonchev–Trinajstić information content (AvgIpc) is 3.06. The van der Waals surface area contributed by atoms with Gasteiger partial charge in [-0.3, -0.25) is 19.3 Å². The Balaban J connectivity index is 1.64. The molecule has 1 atom stereocenters. The normalized spacial score (nSPS) is 15.5. The van der Waals surface area contributed by atoms with Crippen molar-refractivity contribution in [1.29, 1.82) is 0 Å². The maximum atomic E-state index is 12.9. The van der Waals surface area contributed by atoms with Gasteiger partial charge in [0.25, 0.3) is 17.1 Å². The molecule has 1 fully saturated rings. The zero-order valence-corrected chi connectivity index (χ0v) is 19.9. The number of ether oxygens (including phenoxy) is 2. The first-order valence-corrected chi connectivity index (χ1v) is 11.1. The first-order valence-electron chi connectivity index (χ1n) is 9.52. The van der Waals surface area contributed by atoms with E-state index in [0.29, 0.717) is 21.5 Å². The van der Waals surface area contributed by atoms with Gasteiger partial charge >= 0.3 is 5.97 Å². The van der Waals surface area contributed by atoms with Gasteiger partial charge in [0.15, 0.2) is 6.61 Å². The van der Waals surface area contributed by atoms with Crippen LogP contribution in [0.3, 0.4) is 0 Å². The Kier molecular flexibility index (Phi) is 7.88. The second-order valence-electron chi connectivity index (χ2n) is 6.78. The SMILES string of the molecule is COC(=O)[C@@H](C)N1C(=O)S/C(=C/c2ccc(OCC(=O)Nc3ccc(F)cc3)c(Br)c2)C1=O. The second-order valence-corrected chi connectivity index (χ2v) is 8.63. The smallest absolute Gasteiger partial charge is 0.328 e. The molecule has 172 valence electrons. The van der Waals surface area contributed by atoms with Crippen LogP contribution in [-0.4, -0.2) is 47.7 Å². The minimum Gasteiger partial charge on any atom is -0.483 e. The van der Waals surface area contributed by atoms with E-state index in [1.54, 1.807) is 18.2 Å². The highest BCUT2D eigenvalue weighted by molar-refractivity contribution is 9.10. The topological polar surface area (TPSA) is 102 Å². The number of hydrogen-bond donors (Lipinski definition) is 1. The third-order valence-corrected chi connectivity index (χ3v) is 6.00. The Morgan fingerprint density at radius 3 is 2.55 bits per heavy atom. The predicted molar refractivity (Wildman–Crippen MR) is 124 cm³/mol. The highest BCUT2D eigenvalue weighted by Gasteiger charge is 2.41. The summed E-state index contributed by atoms with van der Waals surface area (Å²) in [5.74, 6) is -1.72. The van der Waals surface area contributed by atoms with Crippen LogP contribution in [-0.2, 0) is 19.1 Å². The molecule has 0 aliphatic carbocycles. The predicted octanol–water partition coefficient (Wildman–Crippen LogP) is 4.20. The van der Waals surface area contributed by atoms with Crippen LogP contribution in [0.5, 0.6) is 5.75 Å². The average molecular weight is 537 g/mol. The lowest BCUT2D eigenvalue weighted by atomic mass is 10.2. The molecule has 1 heterocycles. The van der Waals surface area contributed by atoms with Crippen LogP contribution in [0.25, 0.3) is 6.08 Å². The van der Waals surface area contributed by atoms with Crippen LogP contribution in [0.2, 0.25) is 0 Å². The van der Waals surface area contributed by atoms with E-state index in [1.165, 1.54) is 44.4 Å². The van der Waals surface area contributed by atoms with Crippen molar-refractivity contribution in [1.82, 2.24) is 4.90 Å². The molecule has 0 spiro atoms. The summed E-state index contributed by atoms with van der Waals surface area (Å²) in [6.07, 6.45) is 1.52. The summed E-state index contributed by atoms with van der Waals surface area (Å²) in [6, 6.07) is 9.21. The maximum absolute atomic E-state index is 12.9. The van der Waals surface area contributed by atoms with E-state index in [0.717, 1.165) is 16.7 Å². The molecule has 0 aromatic heterocycles.